The lowest BCUT2D eigenvalue weighted by atomic mass is 10.1. The van der Waals surface area contributed by atoms with E-state index in [1.807, 2.05) is 6.92 Å². The number of piperidine rings is 1. The maximum atomic E-state index is 12.3. The molecule has 1 fully saturated rings. The lowest BCUT2D eigenvalue weighted by molar-refractivity contribution is 0.154. The van der Waals surface area contributed by atoms with Crippen LogP contribution in [0.1, 0.15) is 32.0 Å². The maximum Gasteiger partial charge on any atom is 0.280 e. The van der Waals surface area contributed by atoms with Gasteiger partial charge in [-0.1, -0.05) is 6.42 Å². The van der Waals surface area contributed by atoms with Crippen molar-refractivity contribution in [3.8, 4) is 0 Å². The average Bonchev–Trinajstić information content (AvgIpc) is 2.92. The molecule has 2 rings (SSSR count). The first kappa shape index (κ1) is 15.4. The summed E-state index contributed by atoms with van der Waals surface area (Å²) in [5, 5.41) is 17.0. The fraction of sp³-hybridized carbons (Fsp3) is 0.818. The molecule has 114 valence electrons. The first-order valence-electron chi connectivity index (χ1n) is 6.82. The minimum absolute atomic E-state index is 0.102. The van der Waals surface area contributed by atoms with Crippen molar-refractivity contribution in [1.82, 2.24) is 23.8 Å². The third-order valence-corrected chi connectivity index (χ3v) is 5.15. The number of rotatable bonds is 6. The summed E-state index contributed by atoms with van der Waals surface area (Å²) in [4.78, 5) is 0. The normalized spacial score (nSPS) is 21.2. The Morgan fingerprint density at radius 3 is 3.00 bits per heavy atom. The van der Waals surface area contributed by atoms with Crippen LogP contribution >= 0.6 is 0 Å². The van der Waals surface area contributed by atoms with Crippen molar-refractivity contribution in [3.63, 3.8) is 0 Å². The predicted octanol–water partition coefficient (Wildman–Crippen LogP) is -0.521. The quantitative estimate of drug-likeness (QED) is 0.736. The second-order valence-electron chi connectivity index (χ2n) is 4.80. The molecule has 1 aromatic heterocycles. The highest BCUT2D eigenvalue weighted by Crippen LogP contribution is 2.19. The van der Waals surface area contributed by atoms with Crippen LogP contribution < -0.4 is 4.72 Å². The Kier molecular flexibility index (Phi) is 5.08. The summed E-state index contributed by atoms with van der Waals surface area (Å²) in [6.45, 7) is 3.03. The second-order valence-corrected chi connectivity index (χ2v) is 6.51. The van der Waals surface area contributed by atoms with Crippen LogP contribution in [-0.2, 0) is 23.3 Å². The van der Waals surface area contributed by atoms with Gasteiger partial charge in [0.2, 0.25) is 0 Å². The molecular weight excluding hydrogens is 282 g/mol. The van der Waals surface area contributed by atoms with Gasteiger partial charge >= 0.3 is 0 Å². The van der Waals surface area contributed by atoms with E-state index in [0.29, 0.717) is 25.3 Å². The number of aryl methyl sites for hydroxylation is 1. The predicted molar refractivity (Wildman–Crippen MR) is 72.9 cm³/mol. The van der Waals surface area contributed by atoms with E-state index in [1.165, 1.54) is 4.31 Å². The molecule has 1 atom stereocenters. The van der Waals surface area contributed by atoms with Gasteiger partial charge in [-0.25, -0.2) is 0 Å². The molecule has 1 aliphatic rings. The van der Waals surface area contributed by atoms with E-state index in [9.17, 15) is 13.5 Å². The summed E-state index contributed by atoms with van der Waals surface area (Å²) in [7, 11) is -3.60. The standard InChI is InChI=1S/C11H21N5O3S/c1-2-15-9-12-14-11(15)7-13-20(18,19)16-6-4-3-5-10(16)8-17/h9-10,13,17H,2-8H2,1H3. The fourth-order valence-corrected chi connectivity index (χ4v) is 3.80. The summed E-state index contributed by atoms with van der Waals surface area (Å²) in [6.07, 6.45) is 4.04. The van der Waals surface area contributed by atoms with Crippen LogP contribution in [0.2, 0.25) is 0 Å². The molecule has 2 heterocycles. The van der Waals surface area contributed by atoms with Crippen molar-refractivity contribution in [1.29, 1.82) is 0 Å². The minimum atomic E-state index is -3.60. The molecule has 1 unspecified atom stereocenters. The molecule has 1 aromatic rings. The smallest absolute Gasteiger partial charge is 0.280 e. The largest absolute Gasteiger partial charge is 0.395 e. The number of nitrogens with zero attached hydrogens (tertiary/aromatic N) is 4. The van der Waals surface area contributed by atoms with Gasteiger partial charge in [-0.15, -0.1) is 10.2 Å². The number of hydrogen-bond donors (Lipinski definition) is 2. The molecule has 0 spiro atoms. The van der Waals surface area contributed by atoms with Crippen molar-refractivity contribution < 1.29 is 13.5 Å². The molecule has 0 saturated carbocycles. The number of aliphatic hydroxyl groups excluding tert-OH is 1. The highest BCUT2D eigenvalue weighted by Gasteiger charge is 2.31. The summed E-state index contributed by atoms with van der Waals surface area (Å²) in [5.74, 6) is 0.577. The number of aliphatic hydroxyl groups is 1. The van der Waals surface area contributed by atoms with Gasteiger partial charge in [0, 0.05) is 19.1 Å². The van der Waals surface area contributed by atoms with Gasteiger partial charge in [-0.2, -0.15) is 17.4 Å². The summed E-state index contributed by atoms with van der Waals surface area (Å²) in [5.41, 5.74) is 0. The van der Waals surface area contributed by atoms with E-state index < -0.39 is 10.2 Å². The third kappa shape index (κ3) is 3.35. The molecule has 9 heteroatoms. The molecule has 0 amide bonds. The SMILES string of the molecule is CCn1cnnc1CNS(=O)(=O)N1CCCCC1CO. The Hall–Kier alpha value is -1.03. The lowest BCUT2D eigenvalue weighted by Crippen LogP contribution is -2.50. The fourth-order valence-electron chi connectivity index (χ4n) is 2.39. The van der Waals surface area contributed by atoms with E-state index in [-0.39, 0.29) is 19.2 Å². The summed E-state index contributed by atoms with van der Waals surface area (Å²) >= 11 is 0. The molecule has 0 radical (unpaired) electrons. The minimum Gasteiger partial charge on any atom is -0.395 e. The van der Waals surface area contributed by atoms with Gasteiger partial charge in [-0.3, -0.25) is 0 Å². The highest BCUT2D eigenvalue weighted by molar-refractivity contribution is 7.87. The second kappa shape index (κ2) is 6.61. The van der Waals surface area contributed by atoms with Gasteiger partial charge in [0.1, 0.15) is 12.2 Å². The van der Waals surface area contributed by atoms with Crippen LogP contribution in [0, 0.1) is 0 Å². The molecule has 2 N–H and O–H groups in total. The summed E-state index contributed by atoms with van der Waals surface area (Å²) in [6, 6.07) is -0.328. The first-order valence-corrected chi connectivity index (χ1v) is 8.26. The van der Waals surface area contributed by atoms with Crippen molar-refractivity contribution in [2.24, 2.45) is 0 Å². The monoisotopic (exact) mass is 303 g/mol. The summed E-state index contributed by atoms with van der Waals surface area (Å²) < 4.78 is 30.3. The number of nitrogens with one attached hydrogen (secondary N) is 1. The van der Waals surface area contributed by atoms with Gasteiger partial charge in [0.15, 0.2) is 0 Å². The van der Waals surface area contributed by atoms with E-state index in [4.69, 9.17) is 0 Å². The Balaban J connectivity index is 2.03. The zero-order valence-corrected chi connectivity index (χ0v) is 12.4. The van der Waals surface area contributed by atoms with Crippen LogP contribution in [0.15, 0.2) is 6.33 Å². The van der Waals surface area contributed by atoms with Crippen LogP contribution in [-0.4, -0.2) is 51.8 Å². The Bertz CT molecular complexity index is 530. The highest BCUT2D eigenvalue weighted by atomic mass is 32.2. The molecular formula is C11H21N5O3S. The van der Waals surface area contributed by atoms with Crippen molar-refractivity contribution in [3.05, 3.63) is 12.2 Å². The van der Waals surface area contributed by atoms with Crippen LogP contribution in [0.25, 0.3) is 0 Å². The number of hydrogen-bond acceptors (Lipinski definition) is 5. The van der Waals surface area contributed by atoms with Crippen molar-refractivity contribution in [2.75, 3.05) is 13.2 Å². The molecule has 0 aromatic carbocycles. The molecule has 1 saturated heterocycles. The van der Waals surface area contributed by atoms with Crippen LogP contribution in [0.4, 0.5) is 0 Å². The van der Waals surface area contributed by atoms with E-state index >= 15 is 0 Å². The number of aromatic nitrogens is 3. The van der Waals surface area contributed by atoms with Gasteiger partial charge in [0.25, 0.3) is 10.2 Å². The molecule has 0 aliphatic carbocycles. The Morgan fingerprint density at radius 2 is 2.30 bits per heavy atom. The third-order valence-electron chi connectivity index (χ3n) is 3.54. The zero-order valence-electron chi connectivity index (χ0n) is 11.6. The van der Waals surface area contributed by atoms with E-state index in [1.54, 1.807) is 10.9 Å². The van der Waals surface area contributed by atoms with Gasteiger partial charge in [-0.05, 0) is 19.8 Å². The van der Waals surface area contributed by atoms with Crippen molar-refractivity contribution in [2.45, 2.75) is 45.3 Å². The van der Waals surface area contributed by atoms with E-state index in [2.05, 4.69) is 14.9 Å². The topological polar surface area (TPSA) is 100 Å². The average molecular weight is 303 g/mol. The van der Waals surface area contributed by atoms with Crippen LogP contribution in [0.3, 0.4) is 0 Å². The molecule has 1 aliphatic heterocycles. The maximum absolute atomic E-state index is 12.3. The zero-order chi connectivity index (χ0) is 14.6. The Labute approximate surface area is 119 Å². The molecule has 8 nitrogen and oxygen atoms in total. The van der Waals surface area contributed by atoms with Gasteiger partial charge < -0.3 is 9.67 Å². The van der Waals surface area contributed by atoms with Crippen LogP contribution in [0.5, 0.6) is 0 Å². The van der Waals surface area contributed by atoms with Crippen molar-refractivity contribution >= 4 is 10.2 Å². The first-order chi connectivity index (χ1) is 9.58. The van der Waals surface area contributed by atoms with Gasteiger partial charge in [0.05, 0.1) is 13.2 Å². The Morgan fingerprint density at radius 1 is 1.50 bits per heavy atom. The van der Waals surface area contributed by atoms with E-state index in [0.717, 1.165) is 12.8 Å². The molecule has 20 heavy (non-hydrogen) atoms. The molecule has 0 bridgehead atoms. The lowest BCUT2D eigenvalue weighted by Gasteiger charge is -2.33.